The van der Waals surface area contributed by atoms with Crippen molar-refractivity contribution in [3.8, 4) is 11.3 Å². The summed E-state index contributed by atoms with van der Waals surface area (Å²) in [4.78, 5) is 10.8. The number of benzene rings is 1. The van der Waals surface area contributed by atoms with Crippen LogP contribution >= 0.6 is 0 Å². The van der Waals surface area contributed by atoms with Crippen LogP contribution in [0.3, 0.4) is 0 Å². The van der Waals surface area contributed by atoms with E-state index in [1.54, 1.807) is 0 Å². The first-order valence-corrected chi connectivity index (χ1v) is 5.07. The molecule has 2 rings (SSSR count). The third kappa shape index (κ3) is 1.71. The van der Waals surface area contributed by atoms with E-state index in [2.05, 4.69) is 12.1 Å². The second kappa shape index (κ2) is 4.13. The van der Waals surface area contributed by atoms with Crippen LogP contribution in [0.1, 0.15) is 17.4 Å². The Morgan fingerprint density at radius 1 is 1.13 bits per heavy atom. The van der Waals surface area contributed by atoms with Crippen molar-refractivity contribution < 1.29 is 4.79 Å². The summed E-state index contributed by atoms with van der Waals surface area (Å²) in [6.07, 6.45) is 0.899. The summed E-state index contributed by atoms with van der Waals surface area (Å²) in [6, 6.07) is 13.9. The summed E-state index contributed by atoms with van der Waals surface area (Å²) in [7, 11) is 0. The monoisotopic (exact) mass is 199 g/mol. The number of nitrogens with zero attached hydrogens (tertiary/aromatic N) is 1. The van der Waals surface area contributed by atoms with Crippen LogP contribution in [-0.4, -0.2) is 10.9 Å². The van der Waals surface area contributed by atoms with Gasteiger partial charge in [-0.05, 0) is 24.6 Å². The van der Waals surface area contributed by atoms with Crippen LogP contribution in [0.2, 0.25) is 0 Å². The molecule has 0 aliphatic rings. The van der Waals surface area contributed by atoms with Crippen LogP contribution in [-0.2, 0) is 6.54 Å². The molecule has 0 fully saturated rings. The van der Waals surface area contributed by atoms with Gasteiger partial charge in [-0.3, -0.25) is 4.79 Å². The van der Waals surface area contributed by atoms with E-state index in [-0.39, 0.29) is 0 Å². The molecule has 0 spiro atoms. The average molecular weight is 199 g/mol. The van der Waals surface area contributed by atoms with Gasteiger partial charge in [-0.15, -0.1) is 0 Å². The average Bonchev–Trinajstić information content (AvgIpc) is 2.72. The molecule has 0 bridgehead atoms. The van der Waals surface area contributed by atoms with Gasteiger partial charge in [0, 0.05) is 12.2 Å². The maximum absolute atomic E-state index is 10.8. The Balaban J connectivity index is 2.54. The van der Waals surface area contributed by atoms with Crippen LogP contribution in [0, 0.1) is 0 Å². The zero-order chi connectivity index (χ0) is 10.7. The van der Waals surface area contributed by atoms with Crippen molar-refractivity contribution in [1.29, 1.82) is 0 Å². The molecule has 0 saturated carbocycles. The molecular formula is C13H13NO. The van der Waals surface area contributed by atoms with Crippen LogP contribution < -0.4 is 0 Å². The Morgan fingerprint density at radius 2 is 1.87 bits per heavy atom. The zero-order valence-corrected chi connectivity index (χ0v) is 8.68. The Bertz CT molecular complexity index is 457. The molecule has 76 valence electrons. The van der Waals surface area contributed by atoms with Crippen LogP contribution in [0.5, 0.6) is 0 Å². The predicted molar refractivity (Wildman–Crippen MR) is 60.9 cm³/mol. The highest BCUT2D eigenvalue weighted by Crippen LogP contribution is 2.21. The highest BCUT2D eigenvalue weighted by atomic mass is 16.1. The number of carbonyl (C=O) groups excluding carboxylic acids is 1. The van der Waals surface area contributed by atoms with E-state index in [9.17, 15) is 4.79 Å². The largest absolute Gasteiger partial charge is 0.339 e. The molecule has 0 saturated heterocycles. The Labute approximate surface area is 89.2 Å². The standard InChI is InChI=1S/C13H13NO/c1-2-14-12(10-15)8-9-13(14)11-6-4-3-5-7-11/h3-10H,2H2,1H3. The fraction of sp³-hybridized carbons (Fsp3) is 0.154. The minimum atomic E-state index is 0.733. The molecule has 2 heteroatoms. The van der Waals surface area contributed by atoms with E-state index in [0.29, 0.717) is 0 Å². The molecule has 0 aliphatic heterocycles. The molecule has 0 aliphatic carbocycles. The molecule has 1 heterocycles. The van der Waals surface area contributed by atoms with Gasteiger partial charge < -0.3 is 4.57 Å². The highest BCUT2D eigenvalue weighted by molar-refractivity contribution is 5.76. The van der Waals surface area contributed by atoms with Crippen LogP contribution in [0.25, 0.3) is 11.3 Å². The summed E-state index contributed by atoms with van der Waals surface area (Å²) in [5, 5.41) is 0. The molecule has 2 nitrogen and oxygen atoms in total. The van der Waals surface area contributed by atoms with Crippen molar-refractivity contribution in [3.63, 3.8) is 0 Å². The van der Waals surface area contributed by atoms with Crippen molar-refractivity contribution in [3.05, 3.63) is 48.2 Å². The molecule has 0 unspecified atom stereocenters. The summed E-state index contributed by atoms with van der Waals surface area (Å²) < 4.78 is 2.02. The van der Waals surface area contributed by atoms with Gasteiger partial charge in [0.05, 0.1) is 5.69 Å². The molecule has 0 atom stereocenters. The van der Waals surface area contributed by atoms with Gasteiger partial charge in [0.1, 0.15) is 0 Å². The number of carbonyl (C=O) groups is 1. The number of aldehydes is 1. The smallest absolute Gasteiger partial charge is 0.166 e. The Kier molecular flexibility index (Phi) is 2.68. The van der Waals surface area contributed by atoms with Crippen LogP contribution in [0.15, 0.2) is 42.5 Å². The topological polar surface area (TPSA) is 22.0 Å². The van der Waals surface area contributed by atoms with E-state index in [4.69, 9.17) is 0 Å². The molecule has 1 aromatic heterocycles. The third-order valence-corrected chi connectivity index (χ3v) is 2.52. The lowest BCUT2D eigenvalue weighted by molar-refractivity contribution is 0.111. The molecular weight excluding hydrogens is 186 g/mol. The van der Waals surface area contributed by atoms with Crippen molar-refractivity contribution in [2.75, 3.05) is 0 Å². The Morgan fingerprint density at radius 3 is 2.47 bits per heavy atom. The van der Waals surface area contributed by atoms with Crippen molar-refractivity contribution in [2.24, 2.45) is 0 Å². The highest BCUT2D eigenvalue weighted by Gasteiger charge is 2.06. The first-order chi connectivity index (χ1) is 7.36. The minimum Gasteiger partial charge on any atom is -0.339 e. The molecule has 0 N–H and O–H groups in total. The summed E-state index contributed by atoms with van der Waals surface area (Å²) >= 11 is 0. The summed E-state index contributed by atoms with van der Waals surface area (Å²) in [5.41, 5.74) is 2.98. The lowest BCUT2D eigenvalue weighted by Gasteiger charge is -2.07. The van der Waals surface area contributed by atoms with E-state index in [1.807, 2.05) is 41.8 Å². The fourth-order valence-corrected chi connectivity index (χ4v) is 1.80. The van der Waals surface area contributed by atoms with Crippen molar-refractivity contribution in [1.82, 2.24) is 4.57 Å². The van der Waals surface area contributed by atoms with E-state index >= 15 is 0 Å². The van der Waals surface area contributed by atoms with Gasteiger partial charge in [-0.2, -0.15) is 0 Å². The summed E-state index contributed by atoms with van der Waals surface area (Å²) in [5.74, 6) is 0. The lowest BCUT2D eigenvalue weighted by atomic mass is 10.1. The lowest BCUT2D eigenvalue weighted by Crippen LogP contribution is -2.01. The Hall–Kier alpha value is -1.83. The van der Waals surface area contributed by atoms with Gasteiger partial charge >= 0.3 is 0 Å². The van der Waals surface area contributed by atoms with Gasteiger partial charge in [0.2, 0.25) is 0 Å². The van der Waals surface area contributed by atoms with Gasteiger partial charge in [-0.1, -0.05) is 30.3 Å². The second-order valence-electron chi connectivity index (χ2n) is 3.37. The second-order valence-corrected chi connectivity index (χ2v) is 3.37. The summed E-state index contributed by atoms with van der Waals surface area (Å²) in [6.45, 7) is 2.85. The fourth-order valence-electron chi connectivity index (χ4n) is 1.80. The third-order valence-electron chi connectivity index (χ3n) is 2.52. The zero-order valence-electron chi connectivity index (χ0n) is 8.68. The van der Waals surface area contributed by atoms with Crippen molar-refractivity contribution in [2.45, 2.75) is 13.5 Å². The molecule has 2 aromatic rings. The maximum Gasteiger partial charge on any atom is 0.166 e. The number of hydrogen-bond acceptors (Lipinski definition) is 1. The SMILES string of the molecule is CCn1c(C=O)ccc1-c1ccccc1. The predicted octanol–water partition coefficient (Wildman–Crippen LogP) is 2.99. The van der Waals surface area contributed by atoms with Crippen molar-refractivity contribution >= 4 is 6.29 Å². The van der Waals surface area contributed by atoms with Crippen LogP contribution in [0.4, 0.5) is 0 Å². The number of hydrogen-bond donors (Lipinski definition) is 0. The van der Waals surface area contributed by atoms with E-state index < -0.39 is 0 Å². The molecule has 0 amide bonds. The van der Waals surface area contributed by atoms with Gasteiger partial charge in [0.15, 0.2) is 6.29 Å². The number of aromatic nitrogens is 1. The minimum absolute atomic E-state index is 0.733. The van der Waals surface area contributed by atoms with Gasteiger partial charge in [-0.25, -0.2) is 0 Å². The van der Waals surface area contributed by atoms with Gasteiger partial charge in [0.25, 0.3) is 0 Å². The molecule has 0 radical (unpaired) electrons. The first kappa shape index (κ1) is 9.71. The number of rotatable bonds is 3. The molecule has 15 heavy (non-hydrogen) atoms. The first-order valence-electron chi connectivity index (χ1n) is 5.07. The normalized spacial score (nSPS) is 10.2. The quantitative estimate of drug-likeness (QED) is 0.696. The maximum atomic E-state index is 10.8. The molecule has 1 aromatic carbocycles. The van der Waals surface area contributed by atoms with E-state index in [0.717, 1.165) is 29.8 Å². The van der Waals surface area contributed by atoms with E-state index in [1.165, 1.54) is 0 Å².